The zero-order valence-corrected chi connectivity index (χ0v) is 14.2. The van der Waals surface area contributed by atoms with Gasteiger partial charge in [0.05, 0.1) is 17.7 Å². The zero-order chi connectivity index (χ0) is 17.9. The van der Waals surface area contributed by atoms with Crippen LogP contribution in [0.5, 0.6) is 0 Å². The van der Waals surface area contributed by atoms with Crippen LogP contribution < -0.4 is 5.32 Å². The molecule has 0 amide bonds. The Morgan fingerprint density at radius 2 is 1.92 bits per heavy atom. The van der Waals surface area contributed by atoms with Crippen LogP contribution >= 0.6 is 0 Å². The van der Waals surface area contributed by atoms with Crippen molar-refractivity contribution in [1.29, 1.82) is 5.26 Å². The predicted octanol–water partition coefficient (Wildman–Crippen LogP) is 3.80. The molecule has 0 saturated heterocycles. The van der Waals surface area contributed by atoms with Gasteiger partial charge in [-0.25, -0.2) is 0 Å². The van der Waals surface area contributed by atoms with E-state index in [9.17, 15) is 5.26 Å². The van der Waals surface area contributed by atoms with Gasteiger partial charge in [-0.15, -0.1) is 10.2 Å². The number of hydrogen-bond donors (Lipinski definition) is 1. The molecule has 4 rings (SSSR count). The Kier molecular flexibility index (Phi) is 4.04. The zero-order valence-electron chi connectivity index (χ0n) is 14.2. The molecule has 2 aromatic carbocycles. The second-order valence-electron chi connectivity index (χ2n) is 6.07. The average molecular weight is 340 g/mol. The van der Waals surface area contributed by atoms with E-state index in [4.69, 9.17) is 0 Å². The molecule has 6 nitrogen and oxygen atoms in total. The molecule has 26 heavy (non-hydrogen) atoms. The van der Waals surface area contributed by atoms with Crippen LogP contribution in [0.15, 0.2) is 60.8 Å². The molecule has 4 aromatic rings. The van der Waals surface area contributed by atoms with Gasteiger partial charge >= 0.3 is 0 Å². The van der Waals surface area contributed by atoms with E-state index < -0.39 is 0 Å². The smallest absolute Gasteiger partial charge is 0.187 e. The molecule has 0 spiro atoms. The van der Waals surface area contributed by atoms with Gasteiger partial charge in [0.25, 0.3) is 0 Å². The lowest BCUT2D eigenvalue weighted by Gasteiger charge is -2.09. The fourth-order valence-corrected chi connectivity index (χ4v) is 2.84. The molecular weight excluding hydrogens is 324 g/mol. The van der Waals surface area contributed by atoms with Crippen LogP contribution in [0.25, 0.3) is 10.9 Å². The molecule has 6 heteroatoms. The highest BCUT2D eigenvalue weighted by molar-refractivity contribution is 5.94. The number of rotatable bonds is 4. The second-order valence-corrected chi connectivity index (χ2v) is 6.07. The Hall–Kier alpha value is -3.72. The van der Waals surface area contributed by atoms with Gasteiger partial charge in [0.15, 0.2) is 11.5 Å². The first-order valence-corrected chi connectivity index (χ1v) is 8.24. The Balaban J connectivity index is 1.67. The first-order chi connectivity index (χ1) is 12.7. The van der Waals surface area contributed by atoms with E-state index in [2.05, 4.69) is 38.8 Å². The van der Waals surface area contributed by atoms with Crippen LogP contribution in [0.2, 0.25) is 0 Å². The molecule has 0 saturated carbocycles. The third kappa shape index (κ3) is 3.10. The number of hydrogen-bond acceptors (Lipinski definition) is 5. The number of fused-ring (bicyclic) bond motifs is 1. The summed E-state index contributed by atoms with van der Waals surface area (Å²) >= 11 is 0. The molecule has 0 bridgehead atoms. The maximum atomic E-state index is 9.41. The third-order valence-corrected chi connectivity index (χ3v) is 4.10. The summed E-state index contributed by atoms with van der Waals surface area (Å²) in [5.74, 6) is 0.660. The molecule has 0 radical (unpaired) electrons. The van der Waals surface area contributed by atoms with E-state index in [1.165, 1.54) is 5.56 Å². The summed E-state index contributed by atoms with van der Waals surface area (Å²) in [5.41, 5.74) is 3.88. The number of nitrogens with zero attached hydrogens (tertiary/aromatic N) is 5. The lowest BCUT2D eigenvalue weighted by Crippen LogP contribution is -2.03. The van der Waals surface area contributed by atoms with E-state index in [0.29, 0.717) is 18.1 Å². The fourth-order valence-electron chi connectivity index (χ4n) is 2.84. The lowest BCUT2D eigenvalue weighted by atomic mass is 10.1. The molecule has 1 N–H and O–H groups in total. The van der Waals surface area contributed by atoms with E-state index in [1.807, 2.05) is 60.3 Å². The largest absolute Gasteiger partial charge is 0.336 e. The second kappa shape index (κ2) is 6.65. The summed E-state index contributed by atoms with van der Waals surface area (Å²) in [7, 11) is 0. The quantitative estimate of drug-likeness (QED) is 0.611. The average Bonchev–Trinajstić information content (AvgIpc) is 3.10. The van der Waals surface area contributed by atoms with Crippen molar-refractivity contribution in [2.45, 2.75) is 13.5 Å². The molecule has 2 heterocycles. The number of nitriles is 1. The van der Waals surface area contributed by atoms with Gasteiger partial charge < -0.3 is 5.32 Å². The maximum Gasteiger partial charge on any atom is 0.187 e. The van der Waals surface area contributed by atoms with Crippen molar-refractivity contribution in [3.8, 4) is 6.07 Å². The summed E-state index contributed by atoms with van der Waals surface area (Å²) in [6.07, 6.45) is 1.91. The predicted molar refractivity (Wildman–Crippen MR) is 100 cm³/mol. The Morgan fingerprint density at radius 1 is 1.08 bits per heavy atom. The van der Waals surface area contributed by atoms with Crippen molar-refractivity contribution in [3.63, 3.8) is 0 Å². The topological polar surface area (TPSA) is 79.4 Å². The minimum Gasteiger partial charge on any atom is -0.336 e. The van der Waals surface area contributed by atoms with E-state index in [-0.39, 0.29) is 5.69 Å². The maximum absolute atomic E-state index is 9.41. The lowest BCUT2D eigenvalue weighted by molar-refractivity contribution is 0.690. The van der Waals surface area contributed by atoms with Crippen molar-refractivity contribution >= 4 is 22.4 Å². The first kappa shape index (κ1) is 15.8. The van der Waals surface area contributed by atoms with Crippen molar-refractivity contribution < 1.29 is 0 Å². The van der Waals surface area contributed by atoms with Gasteiger partial charge in [0, 0.05) is 17.6 Å². The highest BCUT2D eigenvalue weighted by Crippen LogP contribution is 2.27. The van der Waals surface area contributed by atoms with Crippen LogP contribution in [0.3, 0.4) is 0 Å². The molecular formula is C20H16N6. The van der Waals surface area contributed by atoms with Crippen LogP contribution in [0.4, 0.5) is 11.5 Å². The van der Waals surface area contributed by atoms with Crippen molar-refractivity contribution in [1.82, 2.24) is 20.0 Å². The Labute approximate surface area is 150 Å². The summed E-state index contributed by atoms with van der Waals surface area (Å²) in [5, 5.41) is 26.2. The molecule has 0 unspecified atom stereocenters. The van der Waals surface area contributed by atoms with Gasteiger partial charge in [-0.3, -0.25) is 4.68 Å². The summed E-state index contributed by atoms with van der Waals surface area (Å²) in [6.45, 7) is 2.69. The standard InChI is InChI=1S/C20H16N6/c1-14-7-8-17-16(11-14)20(18(12-21)24-23-17)22-19-9-10-26(25-19)13-15-5-3-2-4-6-15/h2-11H,13H2,1H3,(H,22,23,25). The van der Waals surface area contributed by atoms with Crippen LogP contribution in [-0.4, -0.2) is 20.0 Å². The monoisotopic (exact) mass is 340 g/mol. The van der Waals surface area contributed by atoms with Crippen molar-refractivity contribution in [2.24, 2.45) is 0 Å². The van der Waals surface area contributed by atoms with Crippen LogP contribution in [0.1, 0.15) is 16.8 Å². The molecule has 0 aliphatic carbocycles. The number of aromatic nitrogens is 4. The van der Waals surface area contributed by atoms with Crippen molar-refractivity contribution in [2.75, 3.05) is 5.32 Å². The van der Waals surface area contributed by atoms with Gasteiger partial charge in [-0.05, 0) is 24.6 Å². The summed E-state index contributed by atoms with van der Waals surface area (Å²) < 4.78 is 1.85. The molecule has 0 aliphatic rings. The van der Waals surface area contributed by atoms with Gasteiger partial charge in [-0.2, -0.15) is 10.4 Å². The highest BCUT2D eigenvalue weighted by Gasteiger charge is 2.12. The van der Waals surface area contributed by atoms with Gasteiger partial charge in [-0.1, -0.05) is 42.0 Å². The minimum atomic E-state index is 0.251. The summed E-state index contributed by atoms with van der Waals surface area (Å²) in [4.78, 5) is 0. The van der Waals surface area contributed by atoms with Crippen LogP contribution in [-0.2, 0) is 6.54 Å². The molecule has 0 fully saturated rings. The van der Waals surface area contributed by atoms with E-state index >= 15 is 0 Å². The number of nitrogens with one attached hydrogen (secondary N) is 1. The molecule has 126 valence electrons. The molecule has 2 aromatic heterocycles. The highest BCUT2D eigenvalue weighted by atomic mass is 15.3. The Bertz CT molecular complexity index is 1110. The first-order valence-electron chi connectivity index (χ1n) is 8.24. The van der Waals surface area contributed by atoms with Gasteiger partial charge in [0.2, 0.25) is 0 Å². The molecule has 0 atom stereocenters. The normalized spacial score (nSPS) is 10.6. The van der Waals surface area contributed by atoms with Crippen LogP contribution in [0, 0.1) is 18.3 Å². The Morgan fingerprint density at radius 3 is 2.73 bits per heavy atom. The number of aryl methyl sites for hydroxylation is 1. The third-order valence-electron chi connectivity index (χ3n) is 4.10. The summed E-state index contributed by atoms with van der Waals surface area (Å²) in [6, 6.07) is 20.0. The SMILES string of the molecule is Cc1ccc2nnc(C#N)c(Nc3ccn(Cc4ccccc4)n3)c2c1. The minimum absolute atomic E-state index is 0.251. The van der Waals surface area contributed by atoms with Crippen molar-refractivity contribution in [3.05, 3.63) is 77.6 Å². The fraction of sp³-hybridized carbons (Fsp3) is 0.100. The van der Waals surface area contributed by atoms with E-state index in [0.717, 1.165) is 16.5 Å². The number of benzene rings is 2. The number of anilines is 2. The van der Waals surface area contributed by atoms with E-state index in [1.54, 1.807) is 0 Å². The molecule has 0 aliphatic heterocycles. The van der Waals surface area contributed by atoms with Gasteiger partial charge in [0.1, 0.15) is 6.07 Å².